The standard InChI is InChI=1S/C13H15BrN2O/c1-2-6-15-8-11-9-16-17-13(11)10-4-3-5-12(14)7-10/h3-5,7,9,15H,2,6,8H2,1H3. The quantitative estimate of drug-likeness (QED) is 0.856. The van der Waals surface area contributed by atoms with Gasteiger partial charge in [0.1, 0.15) is 0 Å². The van der Waals surface area contributed by atoms with Gasteiger partial charge in [0.25, 0.3) is 0 Å². The summed E-state index contributed by atoms with van der Waals surface area (Å²) >= 11 is 3.46. The van der Waals surface area contributed by atoms with E-state index in [1.165, 1.54) is 0 Å². The van der Waals surface area contributed by atoms with Crippen molar-refractivity contribution in [1.82, 2.24) is 10.5 Å². The van der Waals surface area contributed by atoms with Crippen molar-refractivity contribution >= 4 is 15.9 Å². The Balaban J connectivity index is 2.18. The Morgan fingerprint density at radius 3 is 3.06 bits per heavy atom. The lowest BCUT2D eigenvalue weighted by molar-refractivity contribution is 0.431. The van der Waals surface area contributed by atoms with Crippen LogP contribution in [0.4, 0.5) is 0 Å². The molecule has 0 bridgehead atoms. The molecule has 0 saturated carbocycles. The molecule has 0 saturated heterocycles. The molecule has 0 aliphatic carbocycles. The molecule has 17 heavy (non-hydrogen) atoms. The van der Waals surface area contributed by atoms with E-state index in [0.717, 1.165) is 40.9 Å². The SMILES string of the molecule is CCCNCc1cnoc1-c1cccc(Br)c1. The van der Waals surface area contributed by atoms with Gasteiger partial charge in [0.15, 0.2) is 5.76 Å². The van der Waals surface area contributed by atoms with E-state index in [-0.39, 0.29) is 0 Å². The average Bonchev–Trinajstić information content (AvgIpc) is 2.78. The molecule has 0 unspecified atom stereocenters. The van der Waals surface area contributed by atoms with Crippen molar-refractivity contribution in [2.45, 2.75) is 19.9 Å². The van der Waals surface area contributed by atoms with Crippen LogP contribution in [0.5, 0.6) is 0 Å². The first-order valence-corrected chi connectivity index (χ1v) is 6.50. The van der Waals surface area contributed by atoms with Gasteiger partial charge in [-0.05, 0) is 25.1 Å². The van der Waals surface area contributed by atoms with Crippen LogP contribution >= 0.6 is 15.9 Å². The van der Waals surface area contributed by atoms with Crippen LogP contribution in [0.2, 0.25) is 0 Å². The topological polar surface area (TPSA) is 38.1 Å². The highest BCUT2D eigenvalue weighted by atomic mass is 79.9. The second kappa shape index (κ2) is 5.98. The van der Waals surface area contributed by atoms with Gasteiger partial charge in [-0.3, -0.25) is 0 Å². The summed E-state index contributed by atoms with van der Waals surface area (Å²) in [6.45, 7) is 3.94. The van der Waals surface area contributed by atoms with E-state index in [9.17, 15) is 0 Å². The molecular weight excluding hydrogens is 280 g/mol. The van der Waals surface area contributed by atoms with Crippen LogP contribution in [0.3, 0.4) is 0 Å². The molecule has 0 radical (unpaired) electrons. The Bertz CT molecular complexity index is 482. The van der Waals surface area contributed by atoms with Crippen molar-refractivity contribution in [1.29, 1.82) is 0 Å². The Kier molecular flexibility index (Phi) is 4.34. The molecule has 0 fully saturated rings. The Hall–Kier alpha value is -1.13. The molecule has 2 rings (SSSR count). The van der Waals surface area contributed by atoms with Gasteiger partial charge in [-0.1, -0.05) is 40.1 Å². The molecule has 1 heterocycles. The predicted molar refractivity (Wildman–Crippen MR) is 71.6 cm³/mol. The normalized spacial score (nSPS) is 10.7. The van der Waals surface area contributed by atoms with Crippen molar-refractivity contribution in [3.8, 4) is 11.3 Å². The summed E-state index contributed by atoms with van der Waals surface area (Å²) in [7, 11) is 0. The average molecular weight is 295 g/mol. The highest BCUT2D eigenvalue weighted by Gasteiger charge is 2.10. The highest BCUT2D eigenvalue weighted by molar-refractivity contribution is 9.10. The van der Waals surface area contributed by atoms with Crippen molar-refractivity contribution < 1.29 is 4.52 Å². The molecule has 90 valence electrons. The lowest BCUT2D eigenvalue weighted by Crippen LogP contribution is -2.13. The van der Waals surface area contributed by atoms with E-state index < -0.39 is 0 Å². The molecule has 0 aliphatic heterocycles. The van der Waals surface area contributed by atoms with Gasteiger partial charge in [-0.25, -0.2) is 0 Å². The maximum Gasteiger partial charge on any atom is 0.171 e. The number of halogens is 1. The van der Waals surface area contributed by atoms with E-state index in [1.54, 1.807) is 6.20 Å². The molecule has 2 aromatic rings. The summed E-state index contributed by atoms with van der Waals surface area (Å²) in [5, 5.41) is 7.23. The number of nitrogens with zero attached hydrogens (tertiary/aromatic N) is 1. The van der Waals surface area contributed by atoms with Crippen LogP contribution < -0.4 is 5.32 Å². The van der Waals surface area contributed by atoms with Gasteiger partial charge in [0.05, 0.1) is 6.20 Å². The summed E-state index contributed by atoms with van der Waals surface area (Å²) < 4.78 is 6.37. The number of aromatic nitrogens is 1. The first kappa shape index (κ1) is 12.3. The van der Waals surface area contributed by atoms with Crippen LogP contribution in [0.15, 0.2) is 39.5 Å². The van der Waals surface area contributed by atoms with Gasteiger partial charge in [0.2, 0.25) is 0 Å². The van der Waals surface area contributed by atoms with Crippen molar-refractivity contribution in [2.75, 3.05) is 6.54 Å². The summed E-state index contributed by atoms with van der Waals surface area (Å²) in [5.74, 6) is 0.843. The maximum absolute atomic E-state index is 5.33. The van der Waals surface area contributed by atoms with Crippen LogP contribution in [0.1, 0.15) is 18.9 Å². The maximum atomic E-state index is 5.33. The summed E-state index contributed by atoms with van der Waals surface area (Å²) in [5.41, 5.74) is 2.14. The molecule has 0 aliphatic rings. The second-order valence-corrected chi connectivity index (χ2v) is 4.78. The van der Waals surface area contributed by atoms with Gasteiger partial charge in [-0.15, -0.1) is 0 Å². The molecule has 0 amide bonds. The zero-order chi connectivity index (χ0) is 12.1. The van der Waals surface area contributed by atoms with Gasteiger partial charge < -0.3 is 9.84 Å². The van der Waals surface area contributed by atoms with Crippen LogP contribution in [0.25, 0.3) is 11.3 Å². The minimum atomic E-state index is 0.791. The van der Waals surface area contributed by atoms with Crippen molar-refractivity contribution in [3.05, 3.63) is 40.5 Å². The minimum Gasteiger partial charge on any atom is -0.356 e. The van der Waals surface area contributed by atoms with Crippen LogP contribution in [-0.4, -0.2) is 11.7 Å². The zero-order valence-electron chi connectivity index (χ0n) is 9.74. The van der Waals surface area contributed by atoms with E-state index in [1.807, 2.05) is 24.3 Å². The fourth-order valence-corrected chi connectivity index (χ4v) is 2.05. The lowest BCUT2D eigenvalue weighted by Gasteiger charge is -2.03. The third kappa shape index (κ3) is 3.17. The van der Waals surface area contributed by atoms with E-state index in [4.69, 9.17) is 4.52 Å². The molecule has 4 heteroatoms. The smallest absolute Gasteiger partial charge is 0.171 e. The van der Waals surface area contributed by atoms with Crippen LogP contribution in [-0.2, 0) is 6.54 Å². The van der Waals surface area contributed by atoms with Crippen molar-refractivity contribution in [2.24, 2.45) is 0 Å². The van der Waals surface area contributed by atoms with E-state index in [0.29, 0.717) is 0 Å². The first-order valence-electron chi connectivity index (χ1n) is 5.71. The highest BCUT2D eigenvalue weighted by Crippen LogP contribution is 2.26. The number of hydrogen-bond acceptors (Lipinski definition) is 3. The molecule has 1 aromatic heterocycles. The molecule has 1 aromatic carbocycles. The Morgan fingerprint density at radius 1 is 1.41 bits per heavy atom. The fourth-order valence-electron chi connectivity index (χ4n) is 1.65. The molecule has 1 N–H and O–H groups in total. The van der Waals surface area contributed by atoms with E-state index >= 15 is 0 Å². The monoisotopic (exact) mass is 294 g/mol. The number of nitrogens with one attached hydrogen (secondary N) is 1. The molecular formula is C13H15BrN2O. The fraction of sp³-hybridized carbons (Fsp3) is 0.308. The minimum absolute atomic E-state index is 0.791. The Labute approximate surface area is 109 Å². The lowest BCUT2D eigenvalue weighted by atomic mass is 10.1. The second-order valence-electron chi connectivity index (χ2n) is 3.87. The molecule has 0 atom stereocenters. The first-order chi connectivity index (χ1) is 8.31. The van der Waals surface area contributed by atoms with Crippen molar-refractivity contribution in [3.63, 3.8) is 0 Å². The predicted octanol–water partition coefficient (Wildman–Crippen LogP) is 3.60. The zero-order valence-corrected chi connectivity index (χ0v) is 11.3. The van der Waals surface area contributed by atoms with E-state index in [2.05, 4.69) is 33.3 Å². The molecule has 3 nitrogen and oxygen atoms in total. The number of hydrogen-bond donors (Lipinski definition) is 1. The summed E-state index contributed by atoms with van der Waals surface area (Å²) in [4.78, 5) is 0. The summed E-state index contributed by atoms with van der Waals surface area (Å²) in [6.07, 6.45) is 2.90. The van der Waals surface area contributed by atoms with Crippen LogP contribution in [0, 0.1) is 0 Å². The third-order valence-electron chi connectivity index (χ3n) is 2.47. The number of rotatable bonds is 5. The Morgan fingerprint density at radius 2 is 2.29 bits per heavy atom. The largest absolute Gasteiger partial charge is 0.356 e. The van der Waals surface area contributed by atoms with Gasteiger partial charge in [0, 0.05) is 22.1 Å². The molecule has 0 spiro atoms. The van der Waals surface area contributed by atoms with Gasteiger partial charge >= 0.3 is 0 Å². The number of benzene rings is 1. The summed E-state index contributed by atoms with van der Waals surface area (Å²) in [6, 6.07) is 8.04. The third-order valence-corrected chi connectivity index (χ3v) is 2.97. The van der Waals surface area contributed by atoms with Gasteiger partial charge in [-0.2, -0.15) is 0 Å².